The summed E-state index contributed by atoms with van der Waals surface area (Å²) in [5.41, 5.74) is 1.07. The predicted octanol–water partition coefficient (Wildman–Crippen LogP) is 3.42. The van der Waals surface area contributed by atoms with Gasteiger partial charge in [-0.1, -0.05) is 38.1 Å². The van der Waals surface area contributed by atoms with E-state index in [2.05, 4.69) is 10.3 Å². The quantitative estimate of drug-likeness (QED) is 0.561. The molecule has 0 aliphatic carbocycles. The summed E-state index contributed by atoms with van der Waals surface area (Å²) in [7, 11) is -1.98. The Morgan fingerprint density at radius 3 is 2.47 bits per heavy atom. The van der Waals surface area contributed by atoms with Gasteiger partial charge < -0.3 is 9.88 Å². The first-order valence-electron chi connectivity index (χ1n) is 10.3. The fourth-order valence-corrected chi connectivity index (χ4v) is 5.06. The number of nitrogens with zero attached hydrogens (tertiary/aromatic N) is 3. The molecule has 0 fully saturated rings. The minimum Gasteiger partial charge on any atom is -0.338 e. The van der Waals surface area contributed by atoms with Crippen molar-refractivity contribution >= 4 is 15.9 Å². The molecule has 0 saturated carbocycles. The van der Waals surface area contributed by atoms with Gasteiger partial charge in [0.1, 0.15) is 17.7 Å². The molecule has 1 N–H and O–H groups in total. The van der Waals surface area contributed by atoms with Gasteiger partial charge in [-0.05, 0) is 30.7 Å². The zero-order valence-corrected chi connectivity index (χ0v) is 19.4. The van der Waals surface area contributed by atoms with Gasteiger partial charge in [0, 0.05) is 43.7 Å². The van der Waals surface area contributed by atoms with Crippen LogP contribution in [0.5, 0.6) is 0 Å². The highest BCUT2D eigenvalue weighted by Gasteiger charge is 2.27. The molecule has 1 unspecified atom stereocenters. The van der Waals surface area contributed by atoms with Gasteiger partial charge in [-0.15, -0.1) is 0 Å². The summed E-state index contributed by atoms with van der Waals surface area (Å²) in [6.07, 6.45) is 3.27. The van der Waals surface area contributed by atoms with E-state index in [-0.39, 0.29) is 16.0 Å². The molecule has 2 aromatic carbocycles. The molecule has 9 heteroatoms. The molecule has 0 radical (unpaired) electrons. The highest BCUT2D eigenvalue weighted by Crippen LogP contribution is 2.25. The van der Waals surface area contributed by atoms with Gasteiger partial charge in [0.05, 0.1) is 4.90 Å². The number of carbonyl (C=O) groups is 1. The van der Waals surface area contributed by atoms with Crippen LogP contribution >= 0.6 is 0 Å². The molecule has 7 nitrogen and oxygen atoms in total. The topological polar surface area (TPSA) is 84.3 Å². The summed E-state index contributed by atoms with van der Waals surface area (Å²) >= 11 is 0. The fourth-order valence-electron chi connectivity index (χ4n) is 3.57. The maximum absolute atomic E-state index is 14.6. The molecular formula is C23H27FN4O3S. The molecule has 0 spiro atoms. The third-order valence-electron chi connectivity index (χ3n) is 5.41. The van der Waals surface area contributed by atoms with E-state index in [1.54, 1.807) is 69.0 Å². The summed E-state index contributed by atoms with van der Waals surface area (Å²) in [4.78, 5) is 17.6. The van der Waals surface area contributed by atoms with E-state index in [4.69, 9.17) is 0 Å². The molecule has 0 aliphatic rings. The van der Waals surface area contributed by atoms with Gasteiger partial charge in [-0.25, -0.2) is 17.8 Å². The standard InChI is InChI=1S/C23H27FN4O3S/c1-5-28(6-2)32(30,31)17-12-11-16(3)19(15-17)23(29)26-21(22-25-13-14-27(22)4)18-9-7-8-10-20(18)24/h7-15,21H,5-6H2,1-4H3,(H,26,29). The molecule has 32 heavy (non-hydrogen) atoms. The third kappa shape index (κ3) is 4.58. The Kier molecular flexibility index (Phi) is 7.10. The normalized spacial score (nSPS) is 12.7. The van der Waals surface area contributed by atoms with Crippen LogP contribution in [0.25, 0.3) is 0 Å². The third-order valence-corrected chi connectivity index (χ3v) is 7.45. The second kappa shape index (κ2) is 9.62. The number of sulfonamides is 1. The molecule has 0 bridgehead atoms. The summed E-state index contributed by atoms with van der Waals surface area (Å²) in [6, 6.07) is 9.77. The zero-order chi connectivity index (χ0) is 23.5. The first kappa shape index (κ1) is 23.6. The first-order chi connectivity index (χ1) is 15.2. The van der Waals surface area contributed by atoms with Crippen molar-refractivity contribution in [1.82, 2.24) is 19.2 Å². The van der Waals surface area contributed by atoms with Crippen LogP contribution < -0.4 is 5.32 Å². The fraction of sp³-hybridized carbons (Fsp3) is 0.304. The Morgan fingerprint density at radius 1 is 1.19 bits per heavy atom. The SMILES string of the molecule is CCN(CC)S(=O)(=O)c1ccc(C)c(C(=O)NC(c2ccccc2F)c2nccn2C)c1. The van der Waals surface area contributed by atoms with Crippen LogP contribution in [0.3, 0.4) is 0 Å². The molecule has 3 aromatic rings. The molecule has 170 valence electrons. The highest BCUT2D eigenvalue weighted by molar-refractivity contribution is 7.89. The van der Waals surface area contributed by atoms with Crippen LogP contribution in [-0.4, -0.2) is 41.3 Å². The number of aryl methyl sites for hydroxylation is 2. The summed E-state index contributed by atoms with van der Waals surface area (Å²) in [5, 5.41) is 2.84. The molecule has 0 aliphatic heterocycles. The van der Waals surface area contributed by atoms with E-state index in [1.165, 1.54) is 22.5 Å². The predicted molar refractivity (Wildman–Crippen MR) is 120 cm³/mol. The maximum atomic E-state index is 14.6. The average molecular weight is 459 g/mol. The van der Waals surface area contributed by atoms with Gasteiger partial charge >= 0.3 is 0 Å². The van der Waals surface area contributed by atoms with Crippen molar-refractivity contribution < 1.29 is 17.6 Å². The Balaban J connectivity index is 2.02. The van der Waals surface area contributed by atoms with Crippen molar-refractivity contribution in [3.63, 3.8) is 0 Å². The lowest BCUT2D eigenvalue weighted by molar-refractivity contribution is 0.0940. The Labute approximate surface area is 188 Å². The number of hydrogen-bond donors (Lipinski definition) is 1. The minimum absolute atomic E-state index is 0.0383. The summed E-state index contributed by atoms with van der Waals surface area (Å²) in [6.45, 7) is 5.89. The lowest BCUT2D eigenvalue weighted by atomic mass is 10.0. The van der Waals surface area contributed by atoms with E-state index in [9.17, 15) is 17.6 Å². The second-order valence-electron chi connectivity index (χ2n) is 7.39. The van der Waals surface area contributed by atoms with Crippen molar-refractivity contribution in [1.29, 1.82) is 0 Å². The summed E-state index contributed by atoms with van der Waals surface area (Å²) in [5.74, 6) is -0.543. The number of amides is 1. The molecule has 1 heterocycles. The zero-order valence-electron chi connectivity index (χ0n) is 18.5. The summed E-state index contributed by atoms with van der Waals surface area (Å²) < 4.78 is 43.5. The molecule has 3 rings (SSSR count). The minimum atomic E-state index is -3.73. The van der Waals surface area contributed by atoms with Crippen LogP contribution in [0, 0.1) is 12.7 Å². The van der Waals surface area contributed by atoms with Crippen molar-refractivity contribution in [3.05, 3.63) is 83.2 Å². The molecule has 0 saturated heterocycles. The van der Waals surface area contributed by atoms with Crippen molar-refractivity contribution in [3.8, 4) is 0 Å². The van der Waals surface area contributed by atoms with Crippen LogP contribution in [0.15, 0.2) is 59.8 Å². The van der Waals surface area contributed by atoms with Crippen LogP contribution in [0.4, 0.5) is 4.39 Å². The Bertz CT molecular complexity index is 1220. The smallest absolute Gasteiger partial charge is 0.252 e. The van der Waals surface area contributed by atoms with Crippen LogP contribution in [-0.2, 0) is 17.1 Å². The monoisotopic (exact) mass is 458 g/mol. The van der Waals surface area contributed by atoms with E-state index < -0.39 is 27.8 Å². The number of carbonyl (C=O) groups excluding carboxylic acids is 1. The van der Waals surface area contributed by atoms with E-state index in [1.807, 2.05) is 0 Å². The van der Waals surface area contributed by atoms with Gasteiger partial charge in [-0.3, -0.25) is 4.79 Å². The van der Waals surface area contributed by atoms with E-state index >= 15 is 0 Å². The number of aromatic nitrogens is 2. The molecular weight excluding hydrogens is 431 g/mol. The number of hydrogen-bond acceptors (Lipinski definition) is 4. The number of halogens is 1. The number of benzene rings is 2. The van der Waals surface area contributed by atoms with E-state index in [0.29, 0.717) is 24.5 Å². The van der Waals surface area contributed by atoms with Crippen LogP contribution in [0.1, 0.15) is 47.2 Å². The van der Waals surface area contributed by atoms with Gasteiger partial charge in [0.25, 0.3) is 5.91 Å². The lowest BCUT2D eigenvalue weighted by Gasteiger charge is -2.21. The van der Waals surface area contributed by atoms with Crippen LogP contribution in [0.2, 0.25) is 0 Å². The van der Waals surface area contributed by atoms with Gasteiger partial charge in [0.2, 0.25) is 10.0 Å². The van der Waals surface area contributed by atoms with E-state index in [0.717, 1.165) is 0 Å². The second-order valence-corrected chi connectivity index (χ2v) is 9.33. The molecule has 1 amide bonds. The van der Waals surface area contributed by atoms with Crippen molar-refractivity contribution in [2.75, 3.05) is 13.1 Å². The van der Waals surface area contributed by atoms with Gasteiger partial charge in [0.15, 0.2) is 0 Å². The lowest BCUT2D eigenvalue weighted by Crippen LogP contribution is -2.33. The van der Waals surface area contributed by atoms with Crippen molar-refractivity contribution in [2.45, 2.75) is 31.7 Å². The Morgan fingerprint density at radius 2 is 1.88 bits per heavy atom. The first-order valence-corrected chi connectivity index (χ1v) is 11.8. The Hall–Kier alpha value is -3.04. The average Bonchev–Trinajstić information content (AvgIpc) is 3.19. The number of rotatable bonds is 8. The number of nitrogens with one attached hydrogen (secondary N) is 1. The molecule has 1 aromatic heterocycles. The van der Waals surface area contributed by atoms with Crippen molar-refractivity contribution in [2.24, 2.45) is 7.05 Å². The highest BCUT2D eigenvalue weighted by atomic mass is 32.2. The molecule has 1 atom stereocenters. The number of imidazole rings is 1. The van der Waals surface area contributed by atoms with Gasteiger partial charge in [-0.2, -0.15) is 4.31 Å². The largest absolute Gasteiger partial charge is 0.338 e. The maximum Gasteiger partial charge on any atom is 0.252 e.